The monoisotopic (exact) mass is 365 g/mol. The third-order valence-electron chi connectivity index (χ3n) is 4.44. The number of methoxy groups -OCH3 is 2. The van der Waals surface area contributed by atoms with Gasteiger partial charge in [0.2, 0.25) is 10.0 Å². The van der Waals surface area contributed by atoms with E-state index in [0.29, 0.717) is 29.9 Å². The van der Waals surface area contributed by atoms with Gasteiger partial charge in [0.1, 0.15) is 17.3 Å². The first kappa shape index (κ1) is 17.7. The van der Waals surface area contributed by atoms with E-state index in [0.717, 1.165) is 0 Å². The Bertz CT molecular complexity index is 841. The van der Waals surface area contributed by atoms with Gasteiger partial charge in [-0.3, -0.25) is 0 Å². The molecule has 0 saturated heterocycles. The van der Waals surface area contributed by atoms with Crippen LogP contribution in [0.25, 0.3) is 0 Å². The van der Waals surface area contributed by atoms with Crippen LogP contribution in [0.4, 0.5) is 4.39 Å². The van der Waals surface area contributed by atoms with Crippen LogP contribution in [0.15, 0.2) is 47.4 Å². The number of ether oxygens (including phenoxy) is 2. The maximum Gasteiger partial charge on any atom is 0.241 e. The van der Waals surface area contributed by atoms with Crippen LogP contribution in [0.1, 0.15) is 24.3 Å². The molecule has 0 atom stereocenters. The largest absolute Gasteiger partial charge is 0.497 e. The molecule has 1 fully saturated rings. The number of hydrogen-bond acceptors (Lipinski definition) is 4. The summed E-state index contributed by atoms with van der Waals surface area (Å²) in [6.45, 7) is 0. The van der Waals surface area contributed by atoms with Crippen molar-refractivity contribution in [3.8, 4) is 11.5 Å². The fourth-order valence-corrected chi connectivity index (χ4v) is 4.31. The SMILES string of the molecule is COc1cc(OC)cc(S(=O)(=O)NC2CC(c3ccccc3F)C2)c1. The van der Waals surface area contributed by atoms with Gasteiger partial charge in [-0.05, 0) is 30.4 Å². The highest BCUT2D eigenvalue weighted by Gasteiger charge is 2.35. The molecule has 1 N–H and O–H groups in total. The molecule has 7 heteroatoms. The summed E-state index contributed by atoms with van der Waals surface area (Å²) >= 11 is 0. The molecule has 5 nitrogen and oxygen atoms in total. The zero-order valence-corrected chi connectivity index (χ0v) is 14.8. The molecule has 25 heavy (non-hydrogen) atoms. The maximum absolute atomic E-state index is 13.8. The number of rotatable bonds is 6. The molecular weight excluding hydrogens is 345 g/mol. The second-order valence-electron chi connectivity index (χ2n) is 6.06. The fraction of sp³-hybridized carbons (Fsp3) is 0.333. The summed E-state index contributed by atoms with van der Waals surface area (Å²) in [5, 5.41) is 0. The lowest BCUT2D eigenvalue weighted by Gasteiger charge is -2.36. The van der Waals surface area contributed by atoms with Crippen LogP contribution in [0.2, 0.25) is 0 Å². The minimum atomic E-state index is -3.71. The Morgan fingerprint density at radius 2 is 1.64 bits per heavy atom. The first-order chi connectivity index (χ1) is 11.9. The summed E-state index contributed by atoms with van der Waals surface area (Å²) in [6, 6.07) is 10.9. The van der Waals surface area contributed by atoms with E-state index in [2.05, 4.69) is 4.72 Å². The standard InChI is InChI=1S/C18H20FNO4S/c1-23-14-9-15(24-2)11-16(10-14)25(21,22)20-13-7-12(8-13)17-5-3-4-6-18(17)19/h3-6,9-13,20H,7-8H2,1-2H3. The van der Waals surface area contributed by atoms with Crippen molar-refractivity contribution in [3.63, 3.8) is 0 Å². The molecule has 0 amide bonds. The predicted octanol–water partition coefficient (Wildman–Crippen LogP) is 3.07. The van der Waals surface area contributed by atoms with E-state index in [1.165, 1.54) is 32.4 Å². The van der Waals surface area contributed by atoms with Gasteiger partial charge in [-0.1, -0.05) is 18.2 Å². The predicted molar refractivity (Wildman–Crippen MR) is 92.0 cm³/mol. The summed E-state index contributed by atoms with van der Waals surface area (Å²) in [5.74, 6) is 0.593. The van der Waals surface area contributed by atoms with Gasteiger partial charge < -0.3 is 9.47 Å². The van der Waals surface area contributed by atoms with Crippen LogP contribution in [0.5, 0.6) is 11.5 Å². The Labute approximate surface area is 146 Å². The summed E-state index contributed by atoms with van der Waals surface area (Å²) in [4.78, 5) is 0.0815. The van der Waals surface area contributed by atoms with Crippen LogP contribution in [-0.4, -0.2) is 28.7 Å². The molecule has 0 bridgehead atoms. The normalized spacial score (nSPS) is 20.0. The molecule has 2 aromatic carbocycles. The summed E-state index contributed by atoms with van der Waals surface area (Å²) in [5.41, 5.74) is 0.640. The van der Waals surface area contributed by atoms with Gasteiger partial charge in [-0.25, -0.2) is 17.5 Å². The number of hydrogen-bond donors (Lipinski definition) is 1. The molecule has 1 aliphatic carbocycles. The highest BCUT2D eigenvalue weighted by molar-refractivity contribution is 7.89. The average Bonchev–Trinajstić information content (AvgIpc) is 2.58. The van der Waals surface area contributed by atoms with Crippen molar-refractivity contribution in [3.05, 3.63) is 53.8 Å². The Morgan fingerprint density at radius 3 is 2.20 bits per heavy atom. The second kappa shape index (κ2) is 7.01. The Hall–Kier alpha value is -2.12. The average molecular weight is 365 g/mol. The lowest BCUT2D eigenvalue weighted by atomic mass is 9.76. The molecule has 1 saturated carbocycles. The van der Waals surface area contributed by atoms with Crippen molar-refractivity contribution in [2.75, 3.05) is 14.2 Å². The molecule has 0 spiro atoms. The third-order valence-corrected chi connectivity index (χ3v) is 5.94. The fourth-order valence-electron chi connectivity index (χ4n) is 3.00. The van der Waals surface area contributed by atoms with Crippen molar-refractivity contribution in [2.45, 2.75) is 29.7 Å². The number of sulfonamides is 1. The molecule has 134 valence electrons. The van der Waals surface area contributed by atoms with Gasteiger partial charge in [-0.2, -0.15) is 0 Å². The number of halogens is 1. The molecule has 2 aromatic rings. The molecule has 1 aliphatic rings. The molecule has 0 aromatic heterocycles. The van der Waals surface area contributed by atoms with Crippen LogP contribution in [0.3, 0.4) is 0 Å². The van der Waals surface area contributed by atoms with Crippen molar-refractivity contribution < 1.29 is 22.3 Å². The van der Waals surface area contributed by atoms with Crippen LogP contribution < -0.4 is 14.2 Å². The molecule has 0 unspecified atom stereocenters. The van der Waals surface area contributed by atoms with Gasteiger partial charge in [0.15, 0.2) is 0 Å². The first-order valence-corrected chi connectivity index (χ1v) is 9.41. The van der Waals surface area contributed by atoms with Gasteiger partial charge in [0.05, 0.1) is 19.1 Å². The molecule has 0 aliphatic heterocycles. The minimum absolute atomic E-state index is 0.0359. The smallest absolute Gasteiger partial charge is 0.241 e. The first-order valence-electron chi connectivity index (χ1n) is 7.93. The van der Waals surface area contributed by atoms with Gasteiger partial charge in [0.25, 0.3) is 0 Å². The summed E-state index contributed by atoms with van der Waals surface area (Å²) in [7, 11) is -0.781. The van der Waals surface area contributed by atoms with Crippen molar-refractivity contribution in [1.82, 2.24) is 4.72 Å². The van der Waals surface area contributed by atoms with E-state index >= 15 is 0 Å². The molecular formula is C18H20FNO4S. The highest BCUT2D eigenvalue weighted by Crippen LogP contribution is 2.38. The van der Waals surface area contributed by atoms with E-state index in [4.69, 9.17) is 9.47 Å². The molecule has 3 rings (SSSR count). The maximum atomic E-state index is 13.8. The number of nitrogens with one attached hydrogen (secondary N) is 1. The Morgan fingerprint density at radius 1 is 1.04 bits per heavy atom. The highest BCUT2D eigenvalue weighted by atomic mass is 32.2. The zero-order chi connectivity index (χ0) is 18.0. The van der Waals surface area contributed by atoms with E-state index in [-0.39, 0.29) is 22.7 Å². The van der Waals surface area contributed by atoms with Crippen LogP contribution >= 0.6 is 0 Å². The van der Waals surface area contributed by atoms with Gasteiger partial charge in [0, 0.05) is 24.2 Å². The van der Waals surface area contributed by atoms with Crippen LogP contribution in [-0.2, 0) is 10.0 Å². The minimum Gasteiger partial charge on any atom is -0.497 e. The van der Waals surface area contributed by atoms with E-state index in [1.807, 2.05) is 0 Å². The lowest BCUT2D eigenvalue weighted by Crippen LogP contribution is -2.43. The zero-order valence-electron chi connectivity index (χ0n) is 14.0. The van der Waals surface area contributed by atoms with E-state index in [1.54, 1.807) is 24.3 Å². The van der Waals surface area contributed by atoms with Gasteiger partial charge >= 0.3 is 0 Å². The quantitative estimate of drug-likeness (QED) is 0.854. The Kier molecular flexibility index (Phi) is 4.96. The Balaban J connectivity index is 1.71. The molecule has 0 radical (unpaired) electrons. The van der Waals surface area contributed by atoms with Crippen molar-refractivity contribution in [1.29, 1.82) is 0 Å². The van der Waals surface area contributed by atoms with E-state index < -0.39 is 10.0 Å². The number of benzene rings is 2. The lowest BCUT2D eigenvalue weighted by molar-refractivity contribution is 0.319. The van der Waals surface area contributed by atoms with Gasteiger partial charge in [-0.15, -0.1) is 0 Å². The van der Waals surface area contributed by atoms with Crippen molar-refractivity contribution >= 4 is 10.0 Å². The van der Waals surface area contributed by atoms with Crippen LogP contribution in [0, 0.1) is 5.82 Å². The van der Waals surface area contributed by atoms with E-state index in [9.17, 15) is 12.8 Å². The topological polar surface area (TPSA) is 64.6 Å². The second-order valence-corrected chi connectivity index (χ2v) is 7.77. The van der Waals surface area contributed by atoms with Crippen molar-refractivity contribution in [2.24, 2.45) is 0 Å². The summed E-state index contributed by atoms with van der Waals surface area (Å²) < 4.78 is 51.9. The molecule has 0 heterocycles. The third kappa shape index (κ3) is 3.77. The summed E-state index contributed by atoms with van der Waals surface area (Å²) in [6.07, 6.45) is 1.14.